The Balaban J connectivity index is 1.57. The van der Waals surface area contributed by atoms with Crippen molar-refractivity contribution < 1.29 is 4.79 Å². The van der Waals surface area contributed by atoms with Crippen LogP contribution >= 0.6 is 27.3 Å². The first-order valence-corrected chi connectivity index (χ1v) is 9.41. The van der Waals surface area contributed by atoms with Crippen molar-refractivity contribution in [3.05, 3.63) is 46.3 Å². The molecule has 1 aliphatic rings. The van der Waals surface area contributed by atoms with E-state index in [1.165, 1.54) is 0 Å². The van der Waals surface area contributed by atoms with Crippen molar-refractivity contribution in [3.63, 3.8) is 0 Å². The summed E-state index contributed by atoms with van der Waals surface area (Å²) in [6.07, 6.45) is 0.308. The van der Waals surface area contributed by atoms with Gasteiger partial charge in [0.05, 0.1) is 11.4 Å². The molecule has 8 heteroatoms. The molecule has 0 bridgehead atoms. The molecule has 0 saturated heterocycles. The van der Waals surface area contributed by atoms with Crippen molar-refractivity contribution in [2.75, 3.05) is 11.9 Å². The second kappa shape index (κ2) is 6.89. The first kappa shape index (κ1) is 16.2. The molecule has 0 spiro atoms. The normalized spacial score (nSPS) is 14.0. The molecule has 3 aromatic rings. The summed E-state index contributed by atoms with van der Waals surface area (Å²) in [7, 11) is 0. The molecule has 126 valence electrons. The molecular formula is C17H14BrN5OS. The third-order valence-electron chi connectivity index (χ3n) is 3.72. The van der Waals surface area contributed by atoms with E-state index < -0.39 is 0 Å². The van der Waals surface area contributed by atoms with Crippen LogP contribution < -0.4 is 5.32 Å². The SMILES string of the molecule is O=C1CC(CNc2ccc(Br)cc2)=Nc2nc(-c3cccs3)nn2C1. The average molecular weight is 416 g/mol. The van der Waals surface area contributed by atoms with Crippen molar-refractivity contribution in [2.45, 2.75) is 13.0 Å². The molecule has 2 aromatic heterocycles. The van der Waals surface area contributed by atoms with Crippen LogP contribution in [0.3, 0.4) is 0 Å². The molecule has 0 unspecified atom stereocenters. The molecule has 0 aliphatic carbocycles. The minimum Gasteiger partial charge on any atom is -0.380 e. The highest BCUT2D eigenvalue weighted by Crippen LogP contribution is 2.25. The largest absolute Gasteiger partial charge is 0.380 e. The van der Waals surface area contributed by atoms with Gasteiger partial charge in [0.25, 0.3) is 0 Å². The van der Waals surface area contributed by atoms with E-state index in [1.54, 1.807) is 16.0 Å². The molecule has 1 aliphatic heterocycles. The van der Waals surface area contributed by atoms with Crippen LogP contribution in [0.5, 0.6) is 0 Å². The van der Waals surface area contributed by atoms with Gasteiger partial charge >= 0.3 is 0 Å². The number of hydrogen-bond donors (Lipinski definition) is 1. The van der Waals surface area contributed by atoms with Gasteiger partial charge in [-0.3, -0.25) is 4.79 Å². The van der Waals surface area contributed by atoms with Crippen LogP contribution in [0.2, 0.25) is 0 Å². The highest BCUT2D eigenvalue weighted by Gasteiger charge is 2.20. The van der Waals surface area contributed by atoms with E-state index in [9.17, 15) is 4.79 Å². The Morgan fingerprint density at radius 1 is 1.24 bits per heavy atom. The zero-order valence-corrected chi connectivity index (χ0v) is 15.5. The number of carbonyl (C=O) groups excluding carboxylic acids is 1. The van der Waals surface area contributed by atoms with Crippen LogP contribution in [-0.2, 0) is 11.3 Å². The third kappa shape index (κ3) is 3.69. The number of ketones is 1. The summed E-state index contributed by atoms with van der Waals surface area (Å²) in [6, 6.07) is 11.8. The fourth-order valence-corrected chi connectivity index (χ4v) is 3.46. The number of fused-ring (bicyclic) bond motifs is 1. The lowest BCUT2D eigenvalue weighted by molar-refractivity contribution is -0.118. The number of carbonyl (C=O) groups is 1. The second-order valence-electron chi connectivity index (χ2n) is 5.62. The van der Waals surface area contributed by atoms with E-state index in [1.807, 2.05) is 41.8 Å². The summed E-state index contributed by atoms with van der Waals surface area (Å²) in [5, 5.41) is 9.70. The number of rotatable bonds is 4. The van der Waals surface area contributed by atoms with Gasteiger partial charge < -0.3 is 5.32 Å². The van der Waals surface area contributed by atoms with Gasteiger partial charge in [-0.05, 0) is 35.7 Å². The van der Waals surface area contributed by atoms with E-state index in [4.69, 9.17) is 0 Å². The zero-order valence-electron chi connectivity index (χ0n) is 13.1. The van der Waals surface area contributed by atoms with E-state index in [0.717, 1.165) is 20.7 Å². The first-order valence-electron chi connectivity index (χ1n) is 7.74. The highest BCUT2D eigenvalue weighted by atomic mass is 79.9. The van der Waals surface area contributed by atoms with Gasteiger partial charge in [-0.1, -0.05) is 22.0 Å². The molecule has 1 N–H and O–H groups in total. The minimum absolute atomic E-state index is 0.0812. The van der Waals surface area contributed by atoms with Gasteiger partial charge in [0.1, 0.15) is 6.54 Å². The van der Waals surface area contributed by atoms with Crippen LogP contribution in [0.25, 0.3) is 10.7 Å². The van der Waals surface area contributed by atoms with Crippen LogP contribution in [0, 0.1) is 0 Å². The van der Waals surface area contributed by atoms with Gasteiger partial charge in [-0.15, -0.1) is 16.4 Å². The lowest BCUT2D eigenvalue weighted by Crippen LogP contribution is -2.18. The van der Waals surface area contributed by atoms with Gasteiger partial charge in [0, 0.05) is 22.3 Å². The minimum atomic E-state index is 0.0812. The summed E-state index contributed by atoms with van der Waals surface area (Å²) in [4.78, 5) is 22.2. The number of halogens is 1. The highest BCUT2D eigenvalue weighted by molar-refractivity contribution is 9.10. The van der Waals surface area contributed by atoms with Crippen LogP contribution in [0.4, 0.5) is 11.6 Å². The fraction of sp³-hybridized carbons (Fsp3) is 0.176. The Morgan fingerprint density at radius 2 is 2.08 bits per heavy atom. The molecule has 4 rings (SSSR count). The summed E-state index contributed by atoms with van der Waals surface area (Å²) in [6.45, 7) is 0.702. The van der Waals surface area contributed by atoms with Crippen molar-refractivity contribution >= 4 is 50.4 Å². The van der Waals surface area contributed by atoms with Crippen molar-refractivity contribution in [2.24, 2.45) is 4.99 Å². The molecule has 0 fully saturated rings. The number of thiophene rings is 1. The lowest BCUT2D eigenvalue weighted by Gasteiger charge is -2.07. The molecule has 0 atom stereocenters. The Labute approximate surface area is 156 Å². The van der Waals surface area contributed by atoms with Gasteiger partial charge in [0.2, 0.25) is 5.95 Å². The summed E-state index contributed by atoms with van der Waals surface area (Å²) >= 11 is 4.98. The Bertz CT molecular complexity index is 931. The Kier molecular flexibility index (Phi) is 4.46. The maximum absolute atomic E-state index is 12.2. The number of aromatic nitrogens is 3. The van der Waals surface area contributed by atoms with Gasteiger partial charge in [-0.25, -0.2) is 9.67 Å². The van der Waals surface area contributed by atoms with Crippen LogP contribution in [0.1, 0.15) is 6.42 Å². The predicted molar refractivity (Wildman–Crippen MR) is 103 cm³/mol. The van der Waals surface area contributed by atoms with E-state index >= 15 is 0 Å². The fourth-order valence-electron chi connectivity index (χ4n) is 2.54. The number of nitrogens with one attached hydrogen (secondary N) is 1. The Morgan fingerprint density at radius 3 is 2.84 bits per heavy atom. The molecule has 6 nitrogen and oxygen atoms in total. The maximum atomic E-state index is 12.2. The zero-order chi connectivity index (χ0) is 17.2. The standard InChI is InChI=1S/C17H14BrN5OS/c18-11-3-5-12(6-4-11)19-9-13-8-14(24)10-23-17(20-13)21-16(22-23)15-2-1-7-25-15/h1-7,19H,8-10H2. The number of hydrogen-bond acceptors (Lipinski definition) is 6. The molecule has 0 radical (unpaired) electrons. The molecular weight excluding hydrogens is 402 g/mol. The summed E-state index contributed by atoms with van der Waals surface area (Å²) in [5.74, 6) is 1.18. The summed E-state index contributed by atoms with van der Waals surface area (Å²) in [5.41, 5.74) is 1.74. The van der Waals surface area contributed by atoms with Crippen molar-refractivity contribution in [1.82, 2.24) is 14.8 Å². The number of nitrogens with zero attached hydrogens (tertiary/aromatic N) is 4. The average Bonchev–Trinajstić information content (AvgIpc) is 3.22. The Hall–Kier alpha value is -2.32. The maximum Gasteiger partial charge on any atom is 0.248 e. The van der Waals surface area contributed by atoms with E-state index in [0.29, 0.717) is 24.7 Å². The number of aliphatic imine (C=N–C) groups is 1. The van der Waals surface area contributed by atoms with Crippen molar-refractivity contribution in [3.8, 4) is 10.7 Å². The summed E-state index contributed by atoms with van der Waals surface area (Å²) < 4.78 is 2.61. The van der Waals surface area contributed by atoms with Crippen molar-refractivity contribution in [1.29, 1.82) is 0 Å². The number of Topliss-reactive ketones (excluding diaryl/α,β-unsaturated/α-hetero) is 1. The molecule has 1 aromatic carbocycles. The molecule has 0 amide bonds. The number of benzene rings is 1. The van der Waals surface area contributed by atoms with Gasteiger partial charge in [-0.2, -0.15) is 4.98 Å². The number of anilines is 1. The quantitative estimate of drug-likeness (QED) is 0.700. The molecule has 3 heterocycles. The van der Waals surface area contributed by atoms with Crippen LogP contribution in [0.15, 0.2) is 51.2 Å². The van der Waals surface area contributed by atoms with E-state index in [2.05, 4.69) is 36.3 Å². The first-order chi connectivity index (χ1) is 12.2. The third-order valence-corrected chi connectivity index (χ3v) is 5.11. The van der Waals surface area contributed by atoms with Gasteiger partial charge in [0.15, 0.2) is 11.6 Å². The molecule has 0 saturated carbocycles. The van der Waals surface area contributed by atoms with E-state index in [-0.39, 0.29) is 12.3 Å². The second-order valence-corrected chi connectivity index (χ2v) is 7.49. The molecule has 25 heavy (non-hydrogen) atoms. The predicted octanol–water partition coefficient (Wildman–Crippen LogP) is 3.93. The topological polar surface area (TPSA) is 72.2 Å². The smallest absolute Gasteiger partial charge is 0.248 e. The monoisotopic (exact) mass is 415 g/mol. The van der Waals surface area contributed by atoms with Crippen LogP contribution in [-0.4, -0.2) is 32.8 Å². The lowest BCUT2D eigenvalue weighted by atomic mass is 10.2.